The molecule has 1 aromatic carbocycles. The zero-order chi connectivity index (χ0) is 13.9. The van der Waals surface area contributed by atoms with E-state index >= 15 is 0 Å². The van der Waals surface area contributed by atoms with E-state index in [0.717, 1.165) is 43.0 Å². The smallest absolute Gasteiger partial charge is 0.123 e. The van der Waals surface area contributed by atoms with Crippen molar-refractivity contribution in [3.8, 4) is 11.5 Å². The van der Waals surface area contributed by atoms with Crippen LogP contribution in [0.3, 0.4) is 0 Å². The van der Waals surface area contributed by atoms with E-state index < -0.39 is 0 Å². The molecule has 1 atom stereocenters. The molecule has 1 aliphatic heterocycles. The van der Waals surface area contributed by atoms with Crippen molar-refractivity contribution in [1.82, 2.24) is 4.90 Å². The predicted molar refractivity (Wildman–Crippen MR) is 75.0 cm³/mol. The zero-order valence-corrected chi connectivity index (χ0v) is 12.0. The Hall–Kier alpha value is -1.26. The third kappa shape index (κ3) is 2.69. The maximum absolute atomic E-state index is 9.97. The molecule has 4 heteroatoms. The van der Waals surface area contributed by atoms with Crippen molar-refractivity contribution < 1.29 is 14.6 Å². The maximum atomic E-state index is 9.97. The van der Waals surface area contributed by atoms with Gasteiger partial charge >= 0.3 is 0 Å². The zero-order valence-electron chi connectivity index (χ0n) is 12.0. The van der Waals surface area contributed by atoms with Crippen LogP contribution >= 0.6 is 0 Å². The van der Waals surface area contributed by atoms with Gasteiger partial charge in [0.2, 0.25) is 0 Å². The van der Waals surface area contributed by atoms with E-state index in [0.29, 0.717) is 0 Å². The lowest BCUT2D eigenvalue weighted by Gasteiger charge is -2.41. The van der Waals surface area contributed by atoms with Crippen LogP contribution in [0.2, 0.25) is 0 Å². The average molecular weight is 265 g/mol. The van der Waals surface area contributed by atoms with Gasteiger partial charge in [-0.05, 0) is 44.6 Å². The Morgan fingerprint density at radius 1 is 1.32 bits per heavy atom. The normalized spacial score (nSPS) is 24.2. The molecule has 0 saturated carbocycles. The average Bonchev–Trinajstić information content (AvgIpc) is 2.46. The third-order valence-corrected chi connectivity index (χ3v) is 4.05. The highest BCUT2D eigenvalue weighted by atomic mass is 16.5. The summed E-state index contributed by atoms with van der Waals surface area (Å²) in [7, 11) is 5.42. The Morgan fingerprint density at radius 2 is 2.11 bits per heavy atom. The molecule has 0 radical (unpaired) electrons. The van der Waals surface area contributed by atoms with Crippen molar-refractivity contribution >= 4 is 0 Å². The van der Waals surface area contributed by atoms with Gasteiger partial charge in [0.1, 0.15) is 11.5 Å². The number of hydrogen-bond donors (Lipinski definition) is 1. The minimum atomic E-state index is -0.257. The number of benzene rings is 1. The third-order valence-electron chi connectivity index (χ3n) is 4.05. The highest BCUT2D eigenvalue weighted by Crippen LogP contribution is 2.40. The van der Waals surface area contributed by atoms with E-state index in [4.69, 9.17) is 9.47 Å². The quantitative estimate of drug-likeness (QED) is 0.899. The van der Waals surface area contributed by atoms with E-state index in [-0.39, 0.29) is 12.0 Å². The van der Waals surface area contributed by atoms with Crippen LogP contribution in [-0.4, -0.2) is 51.0 Å². The molecule has 1 saturated heterocycles. The first-order valence-corrected chi connectivity index (χ1v) is 6.67. The first-order valence-electron chi connectivity index (χ1n) is 6.67. The van der Waals surface area contributed by atoms with Crippen LogP contribution in [0.25, 0.3) is 0 Å². The van der Waals surface area contributed by atoms with Crippen molar-refractivity contribution in [2.45, 2.75) is 18.3 Å². The number of aliphatic hydroxyl groups excluding tert-OH is 1. The number of piperidine rings is 1. The van der Waals surface area contributed by atoms with Gasteiger partial charge in [-0.2, -0.15) is 0 Å². The van der Waals surface area contributed by atoms with Crippen LogP contribution in [0.4, 0.5) is 0 Å². The Labute approximate surface area is 114 Å². The molecule has 1 heterocycles. The summed E-state index contributed by atoms with van der Waals surface area (Å²) >= 11 is 0. The van der Waals surface area contributed by atoms with Crippen molar-refractivity contribution in [3.63, 3.8) is 0 Å². The SMILES string of the molecule is COc1ccc(OC)c(C2(CO)CCCN(C)C2)c1. The van der Waals surface area contributed by atoms with E-state index in [2.05, 4.69) is 11.9 Å². The van der Waals surface area contributed by atoms with Gasteiger partial charge in [-0.1, -0.05) is 0 Å². The summed E-state index contributed by atoms with van der Waals surface area (Å²) in [6.45, 7) is 2.04. The summed E-state index contributed by atoms with van der Waals surface area (Å²) in [6, 6.07) is 5.80. The first kappa shape index (κ1) is 14.2. The van der Waals surface area contributed by atoms with Crippen LogP contribution in [0.15, 0.2) is 18.2 Å². The van der Waals surface area contributed by atoms with Crippen molar-refractivity contribution in [3.05, 3.63) is 23.8 Å². The van der Waals surface area contributed by atoms with Gasteiger partial charge in [0.25, 0.3) is 0 Å². The topological polar surface area (TPSA) is 41.9 Å². The molecule has 0 bridgehead atoms. The molecule has 0 spiro atoms. The van der Waals surface area contributed by atoms with Crippen LogP contribution in [0, 0.1) is 0 Å². The molecule has 1 fully saturated rings. The van der Waals surface area contributed by atoms with Gasteiger partial charge in [0.15, 0.2) is 0 Å². The molecule has 1 aliphatic rings. The molecule has 4 nitrogen and oxygen atoms in total. The number of likely N-dealkylation sites (tertiary alicyclic amines) is 1. The number of rotatable bonds is 4. The molecule has 1 N–H and O–H groups in total. The standard InChI is InChI=1S/C15H23NO3/c1-16-8-4-7-15(10-16,11-17)13-9-12(18-2)5-6-14(13)19-3/h5-6,9,17H,4,7-8,10-11H2,1-3H3. The lowest BCUT2D eigenvalue weighted by molar-refractivity contribution is 0.102. The lowest BCUT2D eigenvalue weighted by atomic mass is 9.74. The second kappa shape index (κ2) is 5.80. The summed E-state index contributed by atoms with van der Waals surface area (Å²) in [5.41, 5.74) is 0.788. The number of aliphatic hydroxyl groups is 1. The minimum absolute atomic E-state index is 0.126. The molecule has 0 aliphatic carbocycles. The number of hydrogen-bond acceptors (Lipinski definition) is 4. The second-order valence-corrected chi connectivity index (χ2v) is 5.35. The van der Waals surface area contributed by atoms with Gasteiger partial charge in [0.05, 0.1) is 20.8 Å². The fraction of sp³-hybridized carbons (Fsp3) is 0.600. The van der Waals surface area contributed by atoms with Crippen LogP contribution in [0.5, 0.6) is 11.5 Å². The Kier molecular flexibility index (Phi) is 4.32. The van der Waals surface area contributed by atoms with Crippen LogP contribution in [0.1, 0.15) is 18.4 Å². The monoisotopic (exact) mass is 265 g/mol. The van der Waals surface area contributed by atoms with Crippen molar-refractivity contribution in [2.24, 2.45) is 0 Å². The first-order chi connectivity index (χ1) is 9.15. The van der Waals surface area contributed by atoms with Crippen molar-refractivity contribution in [2.75, 3.05) is 41.0 Å². The van der Waals surface area contributed by atoms with Gasteiger partial charge < -0.3 is 19.5 Å². The maximum Gasteiger partial charge on any atom is 0.123 e. The predicted octanol–water partition coefficient (Wildman–Crippen LogP) is 1.66. The summed E-state index contributed by atoms with van der Waals surface area (Å²) in [5, 5.41) is 9.97. The Morgan fingerprint density at radius 3 is 2.68 bits per heavy atom. The summed E-state index contributed by atoms with van der Waals surface area (Å²) in [5.74, 6) is 1.63. The van der Waals surface area contributed by atoms with Crippen LogP contribution in [-0.2, 0) is 5.41 Å². The molecule has 19 heavy (non-hydrogen) atoms. The van der Waals surface area contributed by atoms with Gasteiger partial charge in [-0.3, -0.25) is 0 Å². The summed E-state index contributed by atoms with van der Waals surface area (Å²) < 4.78 is 10.8. The number of methoxy groups -OCH3 is 2. The molecule has 1 unspecified atom stereocenters. The molecule has 106 valence electrons. The molecule has 2 rings (SSSR count). The van der Waals surface area contributed by atoms with Gasteiger partial charge in [0, 0.05) is 17.5 Å². The molecular formula is C15H23NO3. The lowest BCUT2D eigenvalue weighted by Crippen LogP contribution is -2.46. The fourth-order valence-corrected chi connectivity index (χ4v) is 3.02. The number of ether oxygens (including phenoxy) is 2. The Balaban J connectivity index is 2.46. The van der Waals surface area contributed by atoms with E-state index in [1.54, 1.807) is 14.2 Å². The van der Waals surface area contributed by atoms with Crippen LogP contribution < -0.4 is 9.47 Å². The molecule has 0 aromatic heterocycles. The van der Waals surface area contributed by atoms with E-state index in [9.17, 15) is 5.11 Å². The number of likely N-dealkylation sites (N-methyl/N-ethyl adjacent to an activating group) is 1. The van der Waals surface area contributed by atoms with Crippen molar-refractivity contribution in [1.29, 1.82) is 0 Å². The van der Waals surface area contributed by atoms with E-state index in [1.165, 1.54) is 0 Å². The highest BCUT2D eigenvalue weighted by molar-refractivity contribution is 5.45. The summed E-state index contributed by atoms with van der Waals surface area (Å²) in [4.78, 5) is 2.26. The van der Waals surface area contributed by atoms with E-state index in [1.807, 2.05) is 18.2 Å². The van der Waals surface area contributed by atoms with Gasteiger partial charge in [-0.25, -0.2) is 0 Å². The number of nitrogens with zero attached hydrogens (tertiary/aromatic N) is 1. The van der Waals surface area contributed by atoms with Gasteiger partial charge in [-0.15, -0.1) is 0 Å². The second-order valence-electron chi connectivity index (χ2n) is 5.35. The largest absolute Gasteiger partial charge is 0.497 e. The molecule has 1 aromatic rings. The molecule has 0 amide bonds. The molecular weight excluding hydrogens is 242 g/mol. The summed E-state index contributed by atoms with van der Waals surface area (Å²) in [6.07, 6.45) is 2.05. The highest BCUT2D eigenvalue weighted by Gasteiger charge is 2.38. The Bertz CT molecular complexity index is 435. The minimum Gasteiger partial charge on any atom is -0.497 e. The fourth-order valence-electron chi connectivity index (χ4n) is 3.02.